The lowest BCUT2D eigenvalue weighted by Gasteiger charge is -1.89. The lowest BCUT2D eigenvalue weighted by molar-refractivity contribution is -0.136. The van der Waals surface area contributed by atoms with Crippen molar-refractivity contribution in [2.75, 3.05) is 6.61 Å². The summed E-state index contributed by atoms with van der Waals surface area (Å²) in [5.41, 5.74) is 0. The smallest absolute Gasteiger partial charge is 0.384 e. The van der Waals surface area contributed by atoms with Gasteiger partial charge in [0.15, 0.2) is 0 Å². The number of carboxylic acids is 1. The Kier molecular flexibility index (Phi) is 13.5. The molecule has 88 valence electrons. The third-order valence-electron chi connectivity index (χ3n) is 1.01. The molecular formula is C12H16O4. The normalized spacial score (nSPS) is 6.94. The van der Waals surface area contributed by atoms with Crippen molar-refractivity contribution in [3.8, 4) is 23.7 Å². The van der Waals surface area contributed by atoms with Crippen molar-refractivity contribution in [2.24, 2.45) is 0 Å². The molecule has 0 unspecified atom stereocenters. The first-order valence-electron chi connectivity index (χ1n) is 4.95. The zero-order valence-corrected chi connectivity index (χ0v) is 9.79. The number of ether oxygens (including phenoxy) is 1. The van der Waals surface area contributed by atoms with Crippen molar-refractivity contribution in [2.45, 2.75) is 33.6 Å². The maximum absolute atomic E-state index is 10.4. The number of carboxylic acid groups (broad SMARTS) is 1. The van der Waals surface area contributed by atoms with Crippen molar-refractivity contribution in [3.05, 3.63) is 0 Å². The van der Waals surface area contributed by atoms with Gasteiger partial charge in [-0.3, -0.25) is 0 Å². The van der Waals surface area contributed by atoms with Crippen molar-refractivity contribution in [3.63, 3.8) is 0 Å². The summed E-state index contributed by atoms with van der Waals surface area (Å²) in [4.78, 5) is 20.0. The maximum Gasteiger partial charge on any atom is 0.384 e. The molecule has 0 aliphatic carbocycles. The highest BCUT2D eigenvalue weighted by Crippen LogP contribution is 1.74. The van der Waals surface area contributed by atoms with Crippen molar-refractivity contribution in [1.29, 1.82) is 0 Å². The van der Waals surface area contributed by atoms with Gasteiger partial charge < -0.3 is 9.84 Å². The quantitative estimate of drug-likeness (QED) is 0.416. The third-order valence-corrected chi connectivity index (χ3v) is 1.01. The molecular weight excluding hydrogens is 208 g/mol. The predicted molar refractivity (Wildman–Crippen MR) is 60.4 cm³/mol. The van der Waals surface area contributed by atoms with Crippen LogP contribution in [0.4, 0.5) is 0 Å². The van der Waals surface area contributed by atoms with E-state index in [4.69, 9.17) is 5.11 Å². The van der Waals surface area contributed by atoms with Crippen LogP contribution in [0.15, 0.2) is 0 Å². The van der Waals surface area contributed by atoms with Crippen LogP contribution in [-0.2, 0) is 14.3 Å². The van der Waals surface area contributed by atoms with E-state index in [2.05, 4.69) is 22.5 Å². The zero-order valence-electron chi connectivity index (χ0n) is 9.79. The standard InChI is InChI=1S/C7H10O2.C5H6O2/c1-3-5-6-7(8)9-4-2;1-2-3-4-5(6)7/h3-4H2,1-2H3;2H2,1H3,(H,6,7). The summed E-state index contributed by atoms with van der Waals surface area (Å²) in [6, 6.07) is 0. The first kappa shape index (κ1) is 16.5. The van der Waals surface area contributed by atoms with Gasteiger partial charge in [0.2, 0.25) is 0 Å². The molecule has 16 heavy (non-hydrogen) atoms. The van der Waals surface area contributed by atoms with E-state index in [1.54, 1.807) is 13.8 Å². The summed E-state index contributed by atoms with van der Waals surface area (Å²) in [5.74, 6) is 7.81. The lowest BCUT2D eigenvalue weighted by Crippen LogP contribution is -1.99. The third kappa shape index (κ3) is 18.0. The molecule has 0 amide bonds. The topological polar surface area (TPSA) is 63.6 Å². The second kappa shape index (κ2) is 13.1. The van der Waals surface area contributed by atoms with Gasteiger partial charge in [0, 0.05) is 24.7 Å². The van der Waals surface area contributed by atoms with Crippen LogP contribution in [0.1, 0.15) is 33.6 Å². The van der Waals surface area contributed by atoms with Gasteiger partial charge in [0.05, 0.1) is 6.61 Å². The molecule has 4 nitrogen and oxygen atoms in total. The SMILES string of the molecule is CCC#CC(=O)O.CCC#CC(=O)OCC. The fourth-order valence-electron chi connectivity index (χ4n) is 0.492. The second-order valence-corrected chi connectivity index (χ2v) is 2.34. The van der Waals surface area contributed by atoms with E-state index in [9.17, 15) is 9.59 Å². The monoisotopic (exact) mass is 224 g/mol. The summed E-state index contributed by atoms with van der Waals surface area (Å²) in [7, 11) is 0. The van der Waals surface area contributed by atoms with Crippen LogP contribution in [0.3, 0.4) is 0 Å². The van der Waals surface area contributed by atoms with Crippen LogP contribution >= 0.6 is 0 Å². The Morgan fingerprint density at radius 3 is 1.88 bits per heavy atom. The summed E-state index contributed by atoms with van der Waals surface area (Å²) in [6.45, 7) is 5.84. The average Bonchev–Trinajstić information content (AvgIpc) is 2.25. The van der Waals surface area contributed by atoms with Gasteiger partial charge in [-0.15, -0.1) is 0 Å². The largest absolute Gasteiger partial charge is 0.472 e. The maximum atomic E-state index is 10.4. The number of hydrogen-bond donors (Lipinski definition) is 1. The summed E-state index contributed by atoms with van der Waals surface area (Å²) < 4.78 is 4.53. The Balaban J connectivity index is 0. The number of carbonyl (C=O) groups excluding carboxylic acids is 1. The molecule has 0 aromatic rings. The Morgan fingerprint density at radius 2 is 1.56 bits per heavy atom. The van der Waals surface area contributed by atoms with Gasteiger partial charge in [-0.1, -0.05) is 25.7 Å². The molecule has 0 fully saturated rings. The van der Waals surface area contributed by atoms with Gasteiger partial charge in [0.1, 0.15) is 0 Å². The molecule has 0 aromatic carbocycles. The van der Waals surface area contributed by atoms with Crippen LogP contribution in [0.25, 0.3) is 0 Å². The highest BCUT2D eigenvalue weighted by molar-refractivity contribution is 5.88. The average molecular weight is 224 g/mol. The Hall–Kier alpha value is -1.94. The van der Waals surface area contributed by atoms with Crippen molar-refractivity contribution < 1.29 is 19.4 Å². The minimum Gasteiger partial charge on any atom is -0.472 e. The fourth-order valence-corrected chi connectivity index (χ4v) is 0.492. The Labute approximate surface area is 96.0 Å². The summed E-state index contributed by atoms with van der Waals surface area (Å²) >= 11 is 0. The molecule has 0 atom stereocenters. The molecule has 1 N–H and O–H groups in total. The van der Waals surface area contributed by atoms with E-state index in [-0.39, 0.29) is 0 Å². The Morgan fingerprint density at radius 1 is 1.06 bits per heavy atom. The number of aliphatic carboxylic acids is 1. The van der Waals surface area contributed by atoms with Gasteiger partial charge in [-0.25, -0.2) is 9.59 Å². The highest BCUT2D eigenvalue weighted by atomic mass is 16.5. The first-order valence-corrected chi connectivity index (χ1v) is 4.95. The molecule has 0 saturated carbocycles. The zero-order chi connectivity index (χ0) is 12.8. The van der Waals surface area contributed by atoms with E-state index >= 15 is 0 Å². The van der Waals surface area contributed by atoms with Gasteiger partial charge in [0.25, 0.3) is 0 Å². The van der Waals surface area contributed by atoms with E-state index in [1.807, 2.05) is 12.8 Å². The fraction of sp³-hybridized carbons (Fsp3) is 0.500. The minimum atomic E-state index is -1.05. The molecule has 0 bridgehead atoms. The minimum absolute atomic E-state index is 0.400. The summed E-state index contributed by atoms with van der Waals surface area (Å²) in [5, 5.41) is 7.87. The molecule has 0 radical (unpaired) electrons. The predicted octanol–water partition coefficient (Wildman–Crippen LogP) is 1.45. The number of hydrogen-bond acceptors (Lipinski definition) is 3. The number of esters is 1. The van der Waals surface area contributed by atoms with E-state index < -0.39 is 11.9 Å². The van der Waals surface area contributed by atoms with Crippen LogP contribution < -0.4 is 0 Å². The number of carbonyl (C=O) groups is 2. The van der Waals surface area contributed by atoms with Gasteiger partial charge >= 0.3 is 11.9 Å². The molecule has 0 aliphatic heterocycles. The molecule has 0 aliphatic rings. The van der Waals surface area contributed by atoms with E-state index in [1.165, 1.54) is 0 Å². The van der Waals surface area contributed by atoms with Crippen LogP contribution in [0.5, 0.6) is 0 Å². The van der Waals surface area contributed by atoms with Gasteiger partial charge in [-0.05, 0) is 6.92 Å². The van der Waals surface area contributed by atoms with Crippen molar-refractivity contribution >= 4 is 11.9 Å². The molecule has 0 spiro atoms. The Bertz CT molecular complexity index is 322. The molecule has 0 saturated heterocycles. The molecule has 0 aromatic heterocycles. The first-order chi connectivity index (χ1) is 7.58. The molecule has 0 rings (SSSR count). The van der Waals surface area contributed by atoms with E-state index in [0.717, 1.165) is 0 Å². The van der Waals surface area contributed by atoms with Crippen LogP contribution in [-0.4, -0.2) is 23.7 Å². The van der Waals surface area contributed by atoms with Crippen LogP contribution in [0, 0.1) is 23.7 Å². The summed E-state index contributed by atoms with van der Waals surface area (Å²) in [6.07, 6.45) is 1.30. The molecule has 4 heteroatoms. The lowest BCUT2D eigenvalue weighted by atomic mass is 10.5. The van der Waals surface area contributed by atoms with Crippen molar-refractivity contribution in [1.82, 2.24) is 0 Å². The molecule has 0 heterocycles. The number of rotatable bonds is 1. The highest BCUT2D eigenvalue weighted by Gasteiger charge is 1.89. The second-order valence-electron chi connectivity index (χ2n) is 2.34. The van der Waals surface area contributed by atoms with Crippen LogP contribution in [0.2, 0.25) is 0 Å². The van der Waals surface area contributed by atoms with E-state index in [0.29, 0.717) is 19.4 Å². The van der Waals surface area contributed by atoms with Gasteiger partial charge in [-0.2, -0.15) is 0 Å².